The summed E-state index contributed by atoms with van der Waals surface area (Å²) in [6, 6.07) is 3.00. The second-order valence-electron chi connectivity index (χ2n) is 4.03. The monoisotopic (exact) mass is 287 g/mol. The quantitative estimate of drug-likeness (QED) is 0.736. The van der Waals surface area contributed by atoms with Crippen LogP contribution < -0.4 is 14.8 Å². The van der Waals surface area contributed by atoms with Gasteiger partial charge in [-0.05, 0) is 12.1 Å². The highest BCUT2D eigenvalue weighted by molar-refractivity contribution is 6.32. The first kappa shape index (κ1) is 13.9. The molecule has 6 nitrogen and oxygen atoms in total. The minimum absolute atomic E-state index is 0.0403. The van der Waals surface area contributed by atoms with Crippen molar-refractivity contribution in [3.05, 3.63) is 22.7 Å². The van der Waals surface area contributed by atoms with Gasteiger partial charge in [0.2, 0.25) is 0 Å². The number of carbonyl (C=O) groups excluding carboxylic acids is 1. The van der Waals surface area contributed by atoms with E-state index in [2.05, 4.69) is 5.32 Å². The van der Waals surface area contributed by atoms with Crippen LogP contribution in [0.15, 0.2) is 12.1 Å². The molecule has 1 unspecified atom stereocenters. The van der Waals surface area contributed by atoms with E-state index in [1.54, 1.807) is 0 Å². The number of carbonyl (C=O) groups is 1. The lowest BCUT2D eigenvalue weighted by molar-refractivity contribution is 0.0801. The van der Waals surface area contributed by atoms with Gasteiger partial charge < -0.3 is 25.0 Å². The zero-order valence-electron chi connectivity index (χ0n) is 10.1. The summed E-state index contributed by atoms with van der Waals surface area (Å²) in [4.78, 5) is 11.8. The molecule has 1 aromatic rings. The summed E-state index contributed by atoms with van der Waals surface area (Å²) in [6.07, 6.45) is -0.989. The minimum Gasteiger partial charge on any atom is -0.486 e. The second-order valence-corrected chi connectivity index (χ2v) is 4.44. The van der Waals surface area contributed by atoms with Crippen LogP contribution >= 0.6 is 11.6 Å². The Bertz CT molecular complexity index is 479. The van der Waals surface area contributed by atoms with Crippen LogP contribution in [0.5, 0.6) is 11.5 Å². The number of aliphatic hydroxyl groups is 2. The van der Waals surface area contributed by atoms with E-state index in [4.69, 9.17) is 31.3 Å². The number of amides is 1. The molecule has 2 rings (SSSR count). The predicted molar refractivity (Wildman–Crippen MR) is 67.9 cm³/mol. The Hall–Kier alpha value is -1.50. The number of aliphatic hydroxyl groups excluding tert-OH is 2. The third-order valence-corrected chi connectivity index (χ3v) is 2.85. The van der Waals surface area contributed by atoms with Crippen LogP contribution in [0.4, 0.5) is 0 Å². The first-order valence-electron chi connectivity index (χ1n) is 5.78. The Kier molecular flexibility index (Phi) is 4.47. The maximum Gasteiger partial charge on any atom is 0.251 e. The van der Waals surface area contributed by atoms with Crippen molar-refractivity contribution in [2.24, 2.45) is 0 Å². The third kappa shape index (κ3) is 3.28. The van der Waals surface area contributed by atoms with E-state index in [1.165, 1.54) is 12.1 Å². The fraction of sp³-hybridized carbons (Fsp3) is 0.417. The zero-order valence-corrected chi connectivity index (χ0v) is 10.8. The molecule has 19 heavy (non-hydrogen) atoms. The lowest BCUT2D eigenvalue weighted by Crippen LogP contribution is -2.34. The average Bonchev–Trinajstić information content (AvgIpc) is 2.44. The summed E-state index contributed by atoms with van der Waals surface area (Å²) in [5.41, 5.74) is 0.305. The molecule has 1 aromatic carbocycles. The lowest BCUT2D eigenvalue weighted by atomic mass is 10.1. The smallest absolute Gasteiger partial charge is 0.251 e. The molecule has 3 N–H and O–H groups in total. The molecule has 0 bridgehead atoms. The van der Waals surface area contributed by atoms with Crippen molar-refractivity contribution in [2.45, 2.75) is 6.10 Å². The second kappa shape index (κ2) is 6.10. The van der Waals surface area contributed by atoms with Crippen molar-refractivity contribution in [3.63, 3.8) is 0 Å². The van der Waals surface area contributed by atoms with Crippen LogP contribution in [0.1, 0.15) is 10.4 Å². The largest absolute Gasteiger partial charge is 0.486 e. The Morgan fingerprint density at radius 2 is 2.16 bits per heavy atom. The van der Waals surface area contributed by atoms with Crippen molar-refractivity contribution < 1.29 is 24.5 Å². The highest BCUT2D eigenvalue weighted by Crippen LogP contribution is 2.38. The molecule has 0 fully saturated rings. The molecule has 7 heteroatoms. The van der Waals surface area contributed by atoms with Gasteiger partial charge in [0.15, 0.2) is 11.5 Å². The van der Waals surface area contributed by atoms with E-state index in [1.807, 2.05) is 0 Å². The van der Waals surface area contributed by atoms with Gasteiger partial charge in [-0.1, -0.05) is 11.6 Å². The maximum absolute atomic E-state index is 11.8. The number of ether oxygens (including phenoxy) is 2. The van der Waals surface area contributed by atoms with Crippen molar-refractivity contribution >= 4 is 17.5 Å². The summed E-state index contributed by atoms with van der Waals surface area (Å²) in [5.74, 6) is 0.442. The zero-order chi connectivity index (χ0) is 13.8. The molecule has 0 saturated carbocycles. The van der Waals surface area contributed by atoms with Gasteiger partial charge in [-0.15, -0.1) is 0 Å². The molecule has 104 valence electrons. The van der Waals surface area contributed by atoms with Gasteiger partial charge in [0, 0.05) is 12.1 Å². The number of nitrogens with one attached hydrogen (secondary N) is 1. The van der Waals surface area contributed by atoms with Gasteiger partial charge in [-0.25, -0.2) is 0 Å². The van der Waals surface area contributed by atoms with Crippen LogP contribution in [0.2, 0.25) is 5.02 Å². The number of fused-ring (bicyclic) bond motifs is 1. The van der Waals surface area contributed by atoms with Crippen LogP contribution in [-0.4, -0.2) is 48.6 Å². The first-order valence-corrected chi connectivity index (χ1v) is 6.16. The van der Waals surface area contributed by atoms with Gasteiger partial charge in [-0.2, -0.15) is 0 Å². The van der Waals surface area contributed by atoms with Gasteiger partial charge in [0.25, 0.3) is 5.91 Å². The summed E-state index contributed by atoms with van der Waals surface area (Å²) in [6.45, 7) is 0.363. The molecule has 1 amide bonds. The van der Waals surface area contributed by atoms with Gasteiger partial charge in [0.05, 0.1) is 17.7 Å². The number of hydrogen-bond acceptors (Lipinski definition) is 5. The molecule has 0 aromatic heterocycles. The average molecular weight is 288 g/mol. The van der Waals surface area contributed by atoms with E-state index < -0.39 is 18.6 Å². The number of hydrogen-bond donors (Lipinski definition) is 3. The standard InChI is InChI=1S/C12H14ClNO5/c13-9-3-7(12(17)14-5-8(16)6-15)4-10-11(9)19-2-1-18-10/h3-4,8,15-16H,1-2,5-6H2,(H,14,17). The van der Waals surface area contributed by atoms with Gasteiger partial charge in [0.1, 0.15) is 13.2 Å². The van der Waals surface area contributed by atoms with Gasteiger partial charge in [-0.3, -0.25) is 4.79 Å². The number of halogens is 1. The summed E-state index contributed by atoms with van der Waals surface area (Å²) in [5, 5.41) is 20.6. The Balaban J connectivity index is 2.12. The van der Waals surface area contributed by atoms with Crippen molar-refractivity contribution in [2.75, 3.05) is 26.4 Å². The molecular formula is C12H14ClNO5. The van der Waals surface area contributed by atoms with Crippen LogP contribution in [0.3, 0.4) is 0 Å². The minimum atomic E-state index is -0.989. The van der Waals surface area contributed by atoms with Crippen molar-refractivity contribution in [1.82, 2.24) is 5.32 Å². The van der Waals surface area contributed by atoms with E-state index in [-0.39, 0.29) is 6.54 Å². The van der Waals surface area contributed by atoms with E-state index in [0.29, 0.717) is 35.3 Å². The highest BCUT2D eigenvalue weighted by Gasteiger charge is 2.19. The molecule has 0 spiro atoms. The number of rotatable bonds is 4. The van der Waals surface area contributed by atoms with E-state index in [9.17, 15) is 4.79 Å². The fourth-order valence-electron chi connectivity index (χ4n) is 1.62. The molecule has 0 aliphatic carbocycles. The van der Waals surface area contributed by atoms with E-state index >= 15 is 0 Å². The SMILES string of the molecule is O=C(NCC(O)CO)c1cc(Cl)c2c(c1)OCCO2. The molecule has 1 atom stereocenters. The molecule has 0 radical (unpaired) electrons. The molecule has 1 aliphatic heterocycles. The molecular weight excluding hydrogens is 274 g/mol. The normalized spacial score (nSPS) is 14.9. The Morgan fingerprint density at radius 3 is 2.89 bits per heavy atom. The third-order valence-electron chi connectivity index (χ3n) is 2.57. The molecule has 1 aliphatic rings. The van der Waals surface area contributed by atoms with Gasteiger partial charge >= 0.3 is 0 Å². The maximum atomic E-state index is 11.8. The summed E-state index contributed by atoms with van der Waals surface area (Å²) >= 11 is 6.01. The molecule has 1 heterocycles. The molecule has 0 saturated heterocycles. The Morgan fingerprint density at radius 1 is 1.42 bits per heavy atom. The summed E-state index contributed by atoms with van der Waals surface area (Å²) in [7, 11) is 0. The Labute approximate surface area is 114 Å². The van der Waals surface area contributed by atoms with Crippen molar-refractivity contribution in [1.29, 1.82) is 0 Å². The van der Waals surface area contributed by atoms with Crippen LogP contribution in [-0.2, 0) is 0 Å². The van der Waals surface area contributed by atoms with Crippen molar-refractivity contribution in [3.8, 4) is 11.5 Å². The fourth-order valence-corrected chi connectivity index (χ4v) is 1.88. The predicted octanol–water partition coefficient (Wildman–Crippen LogP) is 0.194. The van der Waals surface area contributed by atoms with Crippen LogP contribution in [0, 0.1) is 0 Å². The van der Waals surface area contributed by atoms with Crippen LogP contribution in [0.25, 0.3) is 0 Å². The topological polar surface area (TPSA) is 88.0 Å². The highest BCUT2D eigenvalue weighted by atomic mass is 35.5. The number of benzene rings is 1. The van der Waals surface area contributed by atoms with E-state index in [0.717, 1.165) is 0 Å². The first-order chi connectivity index (χ1) is 9.11. The lowest BCUT2D eigenvalue weighted by Gasteiger charge is -2.20. The summed E-state index contributed by atoms with van der Waals surface area (Å²) < 4.78 is 10.7.